The molecule has 1 fully saturated rings. The van der Waals surface area contributed by atoms with E-state index in [9.17, 15) is 9.59 Å². The number of carbonyl (C=O) groups is 2. The molecule has 2 rings (SSSR count). The van der Waals surface area contributed by atoms with Gasteiger partial charge in [0, 0.05) is 19.0 Å². The van der Waals surface area contributed by atoms with Crippen LogP contribution in [0, 0.1) is 11.8 Å². The second-order valence-corrected chi connectivity index (χ2v) is 4.92. The highest BCUT2D eigenvalue weighted by molar-refractivity contribution is 5.91. The lowest BCUT2D eigenvalue weighted by molar-refractivity contribution is -0.144. The Bertz CT molecular complexity index is 512. The molecule has 1 aromatic rings. The molecule has 2 amide bonds. The van der Waals surface area contributed by atoms with Crippen LogP contribution in [0.15, 0.2) is 24.3 Å². The van der Waals surface area contributed by atoms with Crippen molar-refractivity contribution in [2.75, 3.05) is 25.5 Å². The summed E-state index contributed by atoms with van der Waals surface area (Å²) in [6.45, 7) is 2.60. The number of carboxylic acid groups (broad SMARTS) is 1. The van der Waals surface area contributed by atoms with Crippen molar-refractivity contribution in [3.8, 4) is 5.75 Å². The lowest BCUT2D eigenvalue weighted by Crippen LogP contribution is -2.54. The van der Waals surface area contributed by atoms with Gasteiger partial charge in [-0.25, -0.2) is 4.79 Å². The zero-order chi connectivity index (χ0) is 14.7. The van der Waals surface area contributed by atoms with E-state index < -0.39 is 11.9 Å². The van der Waals surface area contributed by atoms with Crippen molar-refractivity contribution in [2.24, 2.45) is 11.8 Å². The summed E-state index contributed by atoms with van der Waals surface area (Å²) in [5.41, 5.74) is 0.606. The van der Waals surface area contributed by atoms with Gasteiger partial charge in [-0.15, -0.1) is 0 Å². The number of hydrogen-bond donors (Lipinski definition) is 2. The number of likely N-dealkylation sites (tertiary alicyclic amines) is 1. The number of carbonyl (C=O) groups excluding carboxylic acids is 1. The maximum absolute atomic E-state index is 12.0. The van der Waals surface area contributed by atoms with Crippen LogP contribution in [0.2, 0.25) is 0 Å². The van der Waals surface area contributed by atoms with Crippen molar-refractivity contribution in [3.63, 3.8) is 0 Å². The molecule has 1 aliphatic rings. The Hall–Kier alpha value is -2.24. The molecule has 1 aliphatic heterocycles. The number of urea groups is 1. The molecule has 1 unspecified atom stereocenters. The van der Waals surface area contributed by atoms with Crippen molar-refractivity contribution < 1.29 is 19.4 Å². The average Bonchev–Trinajstić information content (AvgIpc) is 2.37. The van der Waals surface area contributed by atoms with Crippen LogP contribution in [0.4, 0.5) is 10.5 Å². The number of amides is 2. The van der Waals surface area contributed by atoms with E-state index in [1.807, 2.05) is 12.1 Å². The van der Waals surface area contributed by atoms with Crippen molar-refractivity contribution in [1.29, 1.82) is 0 Å². The first-order valence-corrected chi connectivity index (χ1v) is 6.44. The summed E-state index contributed by atoms with van der Waals surface area (Å²) in [5.74, 6) is -0.627. The third-order valence-corrected chi connectivity index (χ3v) is 3.64. The number of aliphatic carboxylic acids is 1. The predicted octanol–water partition coefficient (Wildman–Crippen LogP) is 1.88. The van der Waals surface area contributed by atoms with Crippen LogP contribution in [0.1, 0.15) is 6.92 Å². The Labute approximate surface area is 117 Å². The lowest BCUT2D eigenvalue weighted by Gasteiger charge is -2.41. The van der Waals surface area contributed by atoms with Gasteiger partial charge in [0.2, 0.25) is 0 Å². The topological polar surface area (TPSA) is 78.9 Å². The Balaban J connectivity index is 1.90. The second-order valence-electron chi connectivity index (χ2n) is 4.92. The van der Waals surface area contributed by atoms with E-state index in [4.69, 9.17) is 9.84 Å². The summed E-state index contributed by atoms with van der Waals surface area (Å²) in [6, 6.07) is 6.92. The SMILES string of the molecule is COc1ccccc1NC(=O)N1CC(C(C)C(=O)O)C1. The number of anilines is 1. The fourth-order valence-corrected chi connectivity index (χ4v) is 2.14. The predicted molar refractivity (Wildman–Crippen MR) is 73.9 cm³/mol. The van der Waals surface area contributed by atoms with E-state index in [2.05, 4.69) is 5.32 Å². The first-order chi connectivity index (χ1) is 9.52. The van der Waals surface area contributed by atoms with Gasteiger partial charge in [0.1, 0.15) is 5.75 Å². The molecule has 0 radical (unpaired) electrons. The maximum Gasteiger partial charge on any atom is 0.321 e. The highest BCUT2D eigenvalue weighted by atomic mass is 16.5. The maximum atomic E-state index is 12.0. The van der Waals surface area contributed by atoms with Gasteiger partial charge in [-0.05, 0) is 12.1 Å². The number of ether oxygens (including phenoxy) is 1. The summed E-state index contributed by atoms with van der Waals surface area (Å²) in [5, 5.41) is 11.7. The fraction of sp³-hybridized carbons (Fsp3) is 0.429. The Morgan fingerprint density at radius 1 is 1.40 bits per heavy atom. The van der Waals surface area contributed by atoms with Crippen LogP contribution in [-0.4, -0.2) is 42.2 Å². The normalized spacial score (nSPS) is 16.2. The summed E-state index contributed by atoms with van der Waals surface area (Å²) in [6.07, 6.45) is 0. The smallest absolute Gasteiger partial charge is 0.321 e. The van der Waals surface area contributed by atoms with Crippen molar-refractivity contribution in [1.82, 2.24) is 4.90 Å². The minimum atomic E-state index is -0.820. The van der Waals surface area contributed by atoms with Gasteiger partial charge in [0.25, 0.3) is 0 Å². The molecular weight excluding hydrogens is 260 g/mol. The summed E-state index contributed by atoms with van der Waals surface area (Å²) in [7, 11) is 1.54. The zero-order valence-electron chi connectivity index (χ0n) is 11.5. The first-order valence-electron chi connectivity index (χ1n) is 6.44. The van der Waals surface area contributed by atoms with Crippen LogP contribution >= 0.6 is 0 Å². The number of rotatable bonds is 4. The second kappa shape index (κ2) is 5.81. The van der Waals surface area contributed by atoms with E-state index in [1.165, 1.54) is 0 Å². The Kier molecular flexibility index (Phi) is 4.12. The zero-order valence-corrected chi connectivity index (χ0v) is 11.5. The number of nitrogens with one attached hydrogen (secondary N) is 1. The van der Waals surface area contributed by atoms with E-state index in [0.29, 0.717) is 24.5 Å². The van der Waals surface area contributed by atoms with E-state index in [-0.39, 0.29) is 11.9 Å². The molecule has 1 aromatic carbocycles. The minimum absolute atomic E-state index is 0.0240. The third-order valence-electron chi connectivity index (χ3n) is 3.64. The van der Waals surface area contributed by atoms with Crippen molar-refractivity contribution in [2.45, 2.75) is 6.92 Å². The minimum Gasteiger partial charge on any atom is -0.495 e. The van der Waals surface area contributed by atoms with Crippen LogP contribution in [-0.2, 0) is 4.79 Å². The quantitative estimate of drug-likeness (QED) is 0.881. The summed E-state index contributed by atoms with van der Waals surface area (Å²) >= 11 is 0. The molecule has 6 heteroatoms. The largest absolute Gasteiger partial charge is 0.495 e. The van der Waals surface area contributed by atoms with Gasteiger partial charge in [0.15, 0.2) is 0 Å². The number of para-hydroxylation sites is 2. The van der Waals surface area contributed by atoms with Gasteiger partial charge < -0.3 is 20.1 Å². The third kappa shape index (κ3) is 2.84. The number of carboxylic acids is 1. The lowest BCUT2D eigenvalue weighted by atomic mass is 9.87. The molecule has 0 aromatic heterocycles. The van der Waals surface area contributed by atoms with E-state index >= 15 is 0 Å². The van der Waals surface area contributed by atoms with Gasteiger partial charge in [-0.1, -0.05) is 19.1 Å². The monoisotopic (exact) mass is 278 g/mol. The van der Waals surface area contributed by atoms with E-state index in [1.54, 1.807) is 31.1 Å². The highest BCUT2D eigenvalue weighted by Gasteiger charge is 2.37. The molecule has 108 valence electrons. The number of benzene rings is 1. The molecule has 0 aliphatic carbocycles. The molecular formula is C14H18N2O4. The fourth-order valence-electron chi connectivity index (χ4n) is 2.14. The molecule has 0 saturated carbocycles. The first kappa shape index (κ1) is 14.2. The van der Waals surface area contributed by atoms with E-state index in [0.717, 1.165) is 0 Å². The van der Waals surface area contributed by atoms with Crippen LogP contribution in [0.5, 0.6) is 5.75 Å². The van der Waals surface area contributed by atoms with Crippen LogP contribution in [0.25, 0.3) is 0 Å². The van der Waals surface area contributed by atoms with Crippen LogP contribution in [0.3, 0.4) is 0 Å². The summed E-state index contributed by atoms with van der Waals surface area (Å²) < 4.78 is 5.16. The van der Waals surface area contributed by atoms with Gasteiger partial charge >= 0.3 is 12.0 Å². The number of methoxy groups -OCH3 is 1. The molecule has 1 saturated heterocycles. The summed E-state index contributed by atoms with van der Waals surface area (Å²) in [4.78, 5) is 24.5. The molecule has 2 N–H and O–H groups in total. The molecule has 0 bridgehead atoms. The average molecular weight is 278 g/mol. The Morgan fingerprint density at radius 3 is 2.65 bits per heavy atom. The Morgan fingerprint density at radius 2 is 2.05 bits per heavy atom. The number of nitrogens with zero attached hydrogens (tertiary/aromatic N) is 1. The van der Waals surface area contributed by atoms with Crippen LogP contribution < -0.4 is 10.1 Å². The van der Waals surface area contributed by atoms with Gasteiger partial charge in [0.05, 0.1) is 18.7 Å². The van der Waals surface area contributed by atoms with Gasteiger partial charge in [-0.3, -0.25) is 4.79 Å². The van der Waals surface area contributed by atoms with Crippen molar-refractivity contribution >= 4 is 17.7 Å². The molecule has 1 atom stereocenters. The van der Waals surface area contributed by atoms with Crippen molar-refractivity contribution in [3.05, 3.63) is 24.3 Å². The molecule has 20 heavy (non-hydrogen) atoms. The molecule has 6 nitrogen and oxygen atoms in total. The molecule has 1 heterocycles. The number of hydrogen-bond acceptors (Lipinski definition) is 3. The van der Waals surface area contributed by atoms with Gasteiger partial charge in [-0.2, -0.15) is 0 Å². The molecule has 0 spiro atoms. The standard InChI is InChI=1S/C14H18N2O4/c1-9(13(17)18)10-7-16(8-10)14(19)15-11-5-3-4-6-12(11)20-2/h3-6,9-10H,7-8H2,1-2H3,(H,15,19)(H,17,18). The highest BCUT2D eigenvalue weighted by Crippen LogP contribution is 2.27.